The Balaban J connectivity index is 3.05. The number of rotatable bonds is 11. The van der Waals surface area contributed by atoms with Gasteiger partial charge in [-0.1, -0.05) is 27.2 Å². The fourth-order valence-electron chi connectivity index (χ4n) is 2.74. The summed E-state index contributed by atoms with van der Waals surface area (Å²) < 4.78 is 16.3. The topological polar surface area (TPSA) is 73.9 Å². The van der Waals surface area contributed by atoms with Gasteiger partial charge in [-0.2, -0.15) is 0 Å². The van der Waals surface area contributed by atoms with Gasteiger partial charge >= 0.3 is 5.97 Å². The van der Waals surface area contributed by atoms with E-state index in [-0.39, 0.29) is 12.5 Å². The molecule has 0 aliphatic carbocycles. The number of benzene rings is 1. The zero-order valence-corrected chi connectivity index (χ0v) is 17.4. The van der Waals surface area contributed by atoms with Gasteiger partial charge < -0.3 is 19.5 Å². The van der Waals surface area contributed by atoms with E-state index in [0.717, 1.165) is 12.8 Å². The third kappa shape index (κ3) is 6.86. The van der Waals surface area contributed by atoms with Crippen LogP contribution in [0.5, 0.6) is 5.75 Å². The summed E-state index contributed by atoms with van der Waals surface area (Å²) in [7, 11) is 1.52. The van der Waals surface area contributed by atoms with Crippen LogP contribution in [0.15, 0.2) is 18.2 Å². The molecule has 6 heteroatoms. The maximum atomic E-state index is 12.7. The molecule has 1 aromatic rings. The van der Waals surface area contributed by atoms with E-state index in [9.17, 15) is 9.59 Å². The van der Waals surface area contributed by atoms with Gasteiger partial charge in [-0.3, -0.25) is 4.79 Å². The van der Waals surface area contributed by atoms with E-state index >= 15 is 0 Å². The summed E-state index contributed by atoms with van der Waals surface area (Å²) in [5.41, 5.74) is -0.152. The van der Waals surface area contributed by atoms with E-state index in [1.165, 1.54) is 7.11 Å². The molecule has 0 bridgehead atoms. The van der Waals surface area contributed by atoms with Crippen LogP contribution in [0.25, 0.3) is 0 Å². The number of ether oxygens (including phenoxy) is 3. The summed E-state index contributed by atoms with van der Waals surface area (Å²) in [6.45, 7) is 10.4. The minimum Gasteiger partial charge on any atom is -0.493 e. The van der Waals surface area contributed by atoms with Gasteiger partial charge in [0.15, 0.2) is 0 Å². The molecular weight excluding hydrogens is 346 g/mol. The Labute approximate surface area is 162 Å². The fraction of sp³-hybridized carbons (Fsp3) is 0.619. The van der Waals surface area contributed by atoms with Gasteiger partial charge in [0.2, 0.25) is 0 Å². The lowest BCUT2D eigenvalue weighted by Gasteiger charge is -2.28. The first-order valence-corrected chi connectivity index (χ1v) is 9.57. The van der Waals surface area contributed by atoms with Crippen molar-refractivity contribution >= 4 is 17.6 Å². The van der Waals surface area contributed by atoms with E-state index in [2.05, 4.69) is 12.2 Å². The van der Waals surface area contributed by atoms with Crippen molar-refractivity contribution < 1.29 is 23.8 Å². The molecule has 0 aliphatic heterocycles. The lowest BCUT2D eigenvalue weighted by Crippen LogP contribution is -2.43. The molecule has 152 valence electrons. The number of nitrogens with one attached hydrogen (secondary N) is 1. The number of esters is 1. The number of carbonyl (C=O) groups is 2. The molecular formula is C21H33NO5. The maximum Gasteiger partial charge on any atom is 0.341 e. The lowest BCUT2D eigenvalue weighted by atomic mass is 9.93. The maximum absolute atomic E-state index is 12.7. The summed E-state index contributed by atoms with van der Waals surface area (Å²) in [5, 5.41) is 2.84. The van der Waals surface area contributed by atoms with Crippen molar-refractivity contribution in [1.82, 2.24) is 0 Å². The molecule has 0 fully saturated rings. The van der Waals surface area contributed by atoms with Crippen molar-refractivity contribution in [1.29, 1.82) is 0 Å². The number of carbonyl (C=O) groups excluding carboxylic acids is 2. The van der Waals surface area contributed by atoms with Gasteiger partial charge in [-0.25, -0.2) is 4.79 Å². The average molecular weight is 379 g/mol. The smallest absolute Gasteiger partial charge is 0.341 e. The monoisotopic (exact) mass is 379 g/mol. The second-order valence-corrected chi connectivity index (χ2v) is 7.12. The highest BCUT2D eigenvalue weighted by molar-refractivity contribution is 5.99. The summed E-state index contributed by atoms with van der Waals surface area (Å²) in [4.78, 5) is 25.0. The first-order valence-electron chi connectivity index (χ1n) is 9.57. The number of amides is 1. The normalized spacial score (nSPS) is 13.1. The van der Waals surface area contributed by atoms with Gasteiger partial charge in [-0.15, -0.1) is 0 Å². The van der Waals surface area contributed by atoms with Crippen LogP contribution in [0, 0.1) is 5.92 Å². The van der Waals surface area contributed by atoms with Crippen LogP contribution in [0.4, 0.5) is 5.69 Å². The molecule has 0 aliphatic rings. The Hall–Kier alpha value is -2.08. The average Bonchev–Trinajstić information content (AvgIpc) is 2.62. The summed E-state index contributed by atoms with van der Waals surface area (Å²) in [6.07, 6.45) is 2.47. The molecule has 0 heterocycles. The summed E-state index contributed by atoms with van der Waals surface area (Å²) >= 11 is 0. The molecule has 1 N–H and O–H groups in total. The lowest BCUT2D eigenvalue weighted by molar-refractivity contribution is -0.137. The Morgan fingerprint density at radius 3 is 2.48 bits per heavy atom. The number of anilines is 1. The van der Waals surface area contributed by atoms with Crippen molar-refractivity contribution in [2.75, 3.05) is 25.6 Å². The van der Waals surface area contributed by atoms with Crippen LogP contribution in [0.1, 0.15) is 64.2 Å². The van der Waals surface area contributed by atoms with E-state index in [4.69, 9.17) is 14.2 Å². The minimum absolute atomic E-state index is 0.256. The highest BCUT2D eigenvalue weighted by Gasteiger charge is 2.34. The van der Waals surface area contributed by atoms with Crippen LogP contribution in [-0.4, -0.2) is 37.8 Å². The first kappa shape index (κ1) is 23.0. The van der Waals surface area contributed by atoms with E-state index in [1.54, 1.807) is 32.0 Å². The quantitative estimate of drug-likeness (QED) is 0.455. The molecule has 0 spiro atoms. The zero-order chi connectivity index (χ0) is 20.4. The standard InChI is InChI=1S/C21H33NO5/c1-7-9-12-27-18-11-10-16(13-17(18)19(23)26-8-2)22-20(24)21(5,25-6)14-15(3)4/h10-11,13,15H,7-9,12,14H2,1-6H3,(H,22,24)/t21-/m0/s1. The van der Waals surface area contributed by atoms with Crippen molar-refractivity contribution in [2.24, 2.45) is 5.92 Å². The number of methoxy groups -OCH3 is 1. The summed E-state index contributed by atoms with van der Waals surface area (Å²) in [6, 6.07) is 4.99. The second-order valence-electron chi connectivity index (χ2n) is 7.12. The largest absolute Gasteiger partial charge is 0.493 e. The van der Waals surface area contributed by atoms with Gasteiger partial charge in [0.25, 0.3) is 5.91 Å². The highest BCUT2D eigenvalue weighted by atomic mass is 16.5. The Morgan fingerprint density at radius 2 is 1.93 bits per heavy atom. The molecule has 1 atom stereocenters. The fourth-order valence-corrected chi connectivity index (χ4v) is 2.74. The zero-order valence-electron chi connectivity index (χ0n) is 17.4. The second kappa shape index (κ2) is 10.9. The van der Waals surface area contributed by atoms with Crippen LogP contribution in [0.2, 0.25) is 0 Å². The van der Waals surface area contributed by atoms with Gasteiger partial charge in [0.05, 0.1) is 13.2 Å². The molecule has 0 radical (unpaired) electrons. The van der Waals surface area contributed by atoms with Crippen LogP contribution in [0.3, 0.4) is 0 Å². The molecule has 0 saturated carbocycles. The SMILES string of the molecule is CCCCOc1ccc(NC(=O)[C@](C)(CC(C)C)OC)cc1C(=O)OCC. The molecule has 0 saturated heterocycles. The minimum atomic E-state index is -0.950. The first-order chi connectivity index (χ1) is 12.8. The number of unbranched alkanes of at least 4 members (excludes halogenated alkanes) is 1. The molecule has 0 aromatic heterocycles. The highest BCUT2D eigenvalue weighted by Crippen LogP contribution is 2.27. The Kier molecular flexibility index (Phi) is 9.29. The molecule has 6 nitrogen and oxygen atoms in total. The van der Waals surface area contributed by atoms with E-state index in [1.807, 2.05) is 13.8 Å². The van der Waals surface area contributed by atoms with Crippen molar-refractivity contribution in [3.63, 3.8) is 0 Å². The van der Waals surface area contributed by atoms with Crippen LogP contribution >= 0.6 is 0 Å². The van der Waals surface area contributed by atoms with E-state index in [0.29, 0.717) is 35.9 Å². The third-order valence-corrected chi connectivity index (χ3v) is 4.22. The molecule has 1 amide bonds. The predicted octanol–water partition coefficient (Wildman–Crippen LogP) is 4.43. The molecule has 27 heavy (non-hydrogen) atoms. The third-order valence-electron chi connectivity index (χ3n) is 4.22. The van der Waals surface area contributed by atoms with Crippen molar-refractivity contribution in [2.45, 2.75) is 59.5 Å². The van der Waals surface area contributed by atoms with Gasteiger partial charge in [0.1, 0.15) is 16.9 Å². The molecule has 1 rings (SSSR count). The summed E-state index contributed by atoms with van der Waals surface area (Å²) in [5.74, 6) is 0.0201. The predicted molar refractivity (Wildman–Crippen MR) is 106 cm³/mol. The Bertz CT molecular complexity index is 629. The number of hydrogen-bond donors (Lipinski definition) is 1. The van der Waals surface area contributed by atoms with Crippen LogP contribution in [-0.2, 0) is 14.3 Å². The van der Waals surface area contributed by atoms with Crippen LogP contribution < -0.4 is 10.1 Å². The molecule has 1 aromatic carbocycles. The van der Waals surface area contributed by atoms with Crippen molar-refractivity contribution in [3.8, 4) is 5.75 Å². The van der Waals surface area contributed by atoms with Gasteiger partial charge in [-0.05, 0) is 50.8 Å². The van der Waals surface area contributed by atoms with Crippen molar-refractivity contribution in [3.05, 3.63) is 23.8 Å². The molecule has 0 unspecified atom stereocenters. The van der Waals surface area contributed by atoms with E-state index < -0.39 is 11.6 Å². The Morgan fingerprint density at radius 1 is 1.22 bits per heavy atom. The van der Waals surface area contributed by atoms with Gasteiger partial charge in [0, 0.05) is 12.8 Å². The number of hydrogen-bond acceptors (Lipinski definition) is 5.